The fourth-order valence-electron chi connectivity index (χ4n) is 4.87. The Bertz CT molecular complexity index is 1180. The summed E-state index contributed by atoms with van der Waals surface area (Å²) in [6.45, 7) is -0.970. The Hall–Kier alpha value is -3.62. The second kappa shape index (κ2) is 10.5. The summed E-state index contributed by atoms with van der Waals surface area (Å²) in [5, 5.41) is 16.4. The zero-order chi connectivity index (χ0) is 28.5. The topological polar surface area (TPSA) is 123 Å². The lowest BCUT2D eigenvalue weighted by Gasteiger charge is -2.56. The van der Waals surface area contributed by atoms with E-state index in [4.69, 9.17) is 9.47 Å². The Morgan fingerprint density at radius 2 is 1.28 bits per heavy atom. The van der Waals surface area contributed by atoms with Crippen LogP contribution >= 0.6 is 0 Å². The molecule has 3 aliphatic carbocycles. The van der Waals surface area contributed by atoms with Gasteiger partial charge in [-0.3, -0.25) is 9.59 Å². The number of pyridine rings is 2. The van der Waals surface area contributed by atoms with Gasteiger partial charge >= 0.3 is 12.4 Å². The normalized spacial score (nSPS) is 24.6. The van der Waals surface area contributed by atoms with Gasteiger partial charge in [0, 0.05) is 5.54 Å². The molecule has 3 N–H and O–H groups in total. The molecule has 2 aromatic rings. The molecule has 2 heterocycles. The number of halogens is 6. The number of ether oxygens (including phenoxy) is 2. The molecule has 212 valence electrons. The number of hydrogen-bond acceptors (Lipinski definition) is 7. The number of fused-ring (bicyclic) bond motifs is 3. The highest BCUT2D eigenvalue weighted by atomic mass is 19.4. The van der Waals surface area contributed by atoms with E-state index in [2.05, 4.69) is 20.6 Å². The molecule has 0 aromatic carbocycles. The summed E-state index contributed by atoms with van der Waals surface area (Å²) in [5.74, 6) is -1.15. The number of nitrogens with zero attached hydrogens (tertiary/aromatic N) is 2. The molecule has 0 radical (unpaired) electrons. The van der Waals surface area contributed by atoms with Crippen molar-refractivity contribution in [1.29, 1.82) is 0 Å². The first-order chi connectivity index (χ1) is 18.2. The lowest BCUT2D eigenvalue weighted by molar-refractivity contribution is -0.142. The quantitative estimate of drug-likeness (QED) is 0.423. The minimum Gasteiger partial charge on any atom is -0.482 e. The molecule has 2 aromatic heterocycles. The summed E-state index contributed by atoms with van der Waals surface area (Å²) in [5.41, 5.74) is -3.87. The van der Waals surface area contributed by atoms with Gasteiger partial charge in [0.25, 0.3) is 11.8 Å². The summed E-state index contributed by atoms with van der Waals surface area (Å²) in [4.78, 5) is 31.5. The van der Waals surface area contributed by atoms with Gasteiger partial charge in [-0.2, -0.15) is 26.3 Å². The highest BCUT2D eigenvalue weighted by Gasteiger charge is 2.55. The minimum absolute atomic E-state index is 0.0148. The van der Waals surface area contributed by atoms with Gasteiger partial charge in [0.1, 0.15) is 22.9 Å². The second-order valence-electron chi connectivity index (χ2n) is 9.58. The van der Waals surface area contributed by atoms with Crippen molar-refractivity contribution < 1.29 is 50.5 Å². The number of carbonyl (C=O) groups is 2. The molecule has 2 amide bonds. The molecule has 0 saturated heterocycles. The van der Waals surface area contributed by atoms with E-state index in [0.29, 0.717) is 25.7 Å². The van der Waals surface area contributed by atoms with E-state index in [0.717, 1.165) is 36.7 Å². The van der Waals surface area contributed by atoms with E-state index in [9.17, 15) is 41.0 Å². The first kappa shape index (κ1) is 28.4. The molecule has 15 heteroatoms. The van der Waals surface area contributed by atoms with Crippen molar-refractivity contribution in [3.8, 4) is 11.5 Å². The van der Waals surface area contributed by atoms with Crippen LogP contribution in [0, 0.1) is 0 Å². The molecule has 9 nitrogen and oxygen atoms in total. The van der Waals surface area contributed by atoms with Crippen LogP contribution in [0.15, 0.2) is 36.7 Å². The molecule has 3 saturated carbocycles. The van der Waals surface area contributed by atoms with Crippen molar-refractivity contribution in [2.45, 2.75) is 61.6 Å². The first-order valence-electron chi connectivity index (χ1n) is 11.8. The van der Waals surface area contributed by atoms with E-state index >= 15 is 0 Å². The Morgan fingerprint density at radius 3 is 1.67 bits per heavy atom. The zero-order valence-corrected chi connectivity index (χ0v) is 20.2. The fourth-order valence-corrected chi connectivity index (χ4v) is 4.87. The van der Waals surface area contributed by atoms with E-state index < -0.39 is 66.0 Å². The monoisotopic (exact) mass is 562 g/mol. The maximum Gasteiger partial charge on any atom is 0.433 e. The molecule has 3 fully saturated rings. The number of aromatic nitrogens is 2. The summed E-state index contributed by atoms with van der Waals surface area (Å²) in [6.07, 6.45) is -6.78. The lowest BCUT2D eigenvalue weighted by atomic mass is 9.60. The Balaban J connectivity index is 1.25. The SMILES string of the molecule is O=C(COc1ccc(C(F)(F)F)nc1)NC12CCC(NC(=O)COc3ccc(C(F)(F)F)nc3)(CC1)[C@@H](O)C2. The van der Waals surface area contributed by atoms with Gasteiger partial charge < -0.3 is 25.2 Å². The van der Waals surface area contributed by atoms with Crippen LogP contribution in [0.5, 0.6) is 11.5 Å². The molecular formula is C24H24F6N4O5. The number of aliphatic hydroxyl groups is 1. The number of nitrogens with one attached hydrogen (secondary N) is 2. The number of aliphatic hydroxyl groups excluding tert-OH is 1. The van der Waals surface area contributed by atoms with Crippen molar-refractivity contribution in [2.75, 3.05) is 13.2 Å². The molecule has 0 unspecified atom stereocenters. The number of rotatable bonds is 8. The summed E-state index contributed by atoms with van der Waals surface area (Å²) >= 11 is 0. The maximum absolute atomic E-state index is 12.6. The van der Waals surface area contributed by atoms with Crippen molar-refractivity contribution in [3.05, 3.63) is 48.0 Å². The molecule has 5 rings (SSSR count). The third-order valence-electron chi connectivity index (χ3n) is 6.91. The Labute approximate surface area is 217 Å². The van der Waals surface area contributed by atoms with Crippen molar-refractivity contribution in [1.82, 2.24) is 20.6 Å². The zero-order valence-electron chi connectivity index (χ0n) is 20.2. The van der Waals surface area contributed by atoms with Crippen LogP contribution in [0.3, 0.4) is 0 Å². The largest absolute Gasteiger partial charge is 0.482 e. The van der Waals surface area contributed by atoms with Crippen LogP contribution in [-0.4, -0.2) is 57.3 Å². The van der Waals surface area contributed by atoms with Crippen LogP contribution in [0.4, 0.5) is 26.3 Å². The number of amides is 2. The average Bonchev–Trinajstić information content (AvgIpc) is 2.87. The third-order valence-corrected chi connectivity index (χ3v) is 6.91. The first-order valence-corrected chi connectivity index (χ1v) is 11.8. The van der Waals surface area contributed by atoms with Crippen molar-refractivity contribution in [3.63, 3.8) is 0 Å². The summed E-state index contributed by atoms with van der Waals surface area (Å²) in [6, 6.07) is 3.58. The fraction of sp³-hybridized carbons (Fsp3) is 0.500. The van der Waals surface area contributed by atoms with Gasteiger partial charge in [0.2, 0.25) is 0 Å². The predicted octanol–water partition coefficient (Wildman–Crippen LogP) is 3.02. The highest BCUT2D eigenvalue weighted by Crippen LogP contribution is 2.47. The third kappa shape index (κ3) is 6.69. The predicted molar refractivity (Wildman–Crippen MR) is 120 cm³/mol. The van der Waals surface area contributed by atoms with E-state index in [1.807, 2.05) is 0 Å². The van der Waals surface area contributed by atoms with Crippen molar-refractivity contribution in [2.24, 2.45) is 0 Å². The van der Waals surface area contributed by atoms with Crippen LogP contribution in [0.2, 0.25) is 0 Å². The van der Waals surface area contributed by atoms with Crippen molar-refractivity contribution >= 4 is 11.8 Å². The molecule has 0 aliphatic heterocycles. The Kier molecular flexibility index (Phi) is 7.65. The van der Waals surface area contributed by atoms with E-state index in [-0.39, 0.29) is 17.9 Å². The van der Waals surface area contributed by atoms with Crippen LogP contribution in [0.1, 0.15) is 43.5 Å². The molecular weight excluding hydrogens is 538 g/mol. The molecule has 3 aliphatic rings. The lowest BCUT2D eigenvalue weighted by Crippen LogP contribution is -2.70. The maximum atomic E-state index is 12.6. The molecule has 0 spiro atoms. The summed E-state index contributed by atoms with van der Waals surface area (Å²) in [7, 11) is 0. The second-order valence-corrected chi connectivity index (χ2v) is 9.58. The Morgan fingerprint density at radius 1 is 0.821 bits per heavy atom. The standard InChI is InChI=1S/C24H24F6N4O5/c25-23(26,27)16-3-1-14(10-31-16)38-12-19(36)33-21-5-7-22(8-6-21,18(35)9-21)34-20(37)13-39-15-2-4-17(32-11-15)24(28,29)30/h1-4,10-11,18,35H,5-9,12-13H2,(H,33,36)(H,34,37)/t18-,21?,22?/m0/s1. The van der Waals surface area contributed by atoms with Crippen LogP contribution < -0.4 is 20.1 Å². The van der Waals surface area contributed by atoms with E-state index in [1.165, 1.54) is 0 Å². The van der Waals surface area contributed by atoms with Gasteiger partial charge in [-0.25, -0.2) is 9.97 Å². The average molecular weight is 562 g/mol. The number of hydrogen-bond donors (Lipinski definition) is 3. The smallest absolute Gasteiger partial charge is 0.433 e. The molecule has 39 heavy (non-hydrogen) atoms. The van der Waals surface area contributed by atoms with Crippen LogP contribution in [-0.2, 0) is 21.9 Å². The van der Waals surface area contributed by atoms with Gasteiger partial charge in [-0.15, -0.1) is 0 Å². The molecule has 2 bridgehead atoms. The van der Waals surface area contributed by atoms with Gasteiger partial charge in [0.15, 0.2) is 13.2 Å². The van der Waals surface area contributed by atoms with E-state index in [1.54, 1.807) is 0 Å². The minimum atomic E-state index is -4.60. The van der Waals surface area contributed by atoms with Crippen LogP contribution in [0.25, 0.3) is 0 Å². The van der Waals surface area contributed by atoms with Gasteiger partial charge in [-0.1, -0.05) is 0 Å². The van der Waals surface area contributed by atoms with Gasteiger partial charge in [-0.05, 0) is 56.4 Å². The van der Waals surface area contributed by atoms with Gasteiger partial charge in [0.05, 0.1) is 24.0 Å². The number of alkyl halides is 6. The number of carbonyl (C=O) groups excluding carboxylic acids is 2. The molecule has 1 atom stereocenters. The highest BCUT2D eigenvalue weighted by molar-refractivity contribution is 5.79. The summed E-state index contributed by atoms with van der Waals surface area (Å²) < 4.78 is 86.1.